The van der Waals surface area contributed by atoms with Crippen molar-refractivity contribution in [1.29, 1.82) is 0 Å². The van der Waals surface area contributed by atoms with Gasteiger partial charge in [0, 0.05) is 11.3 Å². The van der Waals surface area contributed by atoms with Crippen LogP contribution < -0.4 is 0 Å². The lowest BCUT2D eigenvalue weighted by molar-refractivity contribution is 0.272. The smallest absolute Gasteiger partial charge is 0.133 e. The van der Waals surface area contributed by atoms with Crippen LogP contribution in [0.2, 0.25) is 0 Å². The predicted molar refractivity (Wildman–Crippen MR) is 88.9 cm³/mol. The average molecular weight is 323 g/mol. The molecule has 0 spiro atoms. The lowest BCUT2D eigenvalue weighted by atomic mass is 10.1. The van der Waals surface area contributed by atoms with Gasteiger partial charge in [0.2, 0.25) is 0 Å². The maximum absolute atomic E-state index is 9.43. The topological polar surface area (TPSA) is 87.6 Å². The Morgan fingerprint density at radius 3 is 2.78 bits per heavy atom. The summed E-state index contributed by atoms with van der Waals surface area (Å²) in [6, 6.07) is 11.7. The van der Waals surface area contributed by atoms with Crippen molar-refractivity contribution in [2.45, 2.75) is 13.5 Å². The molecular formula is C16H13N5OS. The van der Waals surface area contributed by atoms with Gasteiger partial charge in [-0.25, -0.2) is 4.98 Å². The van der Waals surface area contributed by atoms with Crippen LogP contribution in [-0.4, -0.2) is 28.8 Å². The van der Waals surface area contributed by atoms with Crippen LogP contribution in [0.1, 0.15) is 11.5 Å². The SMILES string of the molecule is Cc1cccc(-c2[nH]c(CO)nc2-c2ccc3nsnc3c2)n1. The van der Waals surface area contributed by atoms with Crippen LogP contribution in [0.5, 0.6) is 0 Å². The first-order valence-electron chi connectivity index (χ1n) is 7.11. The third kappa shape index (κ3) is 2.49. The molecule has 0 fully saturated rings. The summed E-state index contributed by atoms with van der Waals surface area (Å²) < 4.78 is 8.49. The Kier molecular flexibility index (Phi) is 3.36. The number of aromatic nitrogens is 5. The summed E-state index contributed by atoms with van der Waals surface area (Å²) in [7, 11) is 0. The number of rotatable bonds is 3. The fourth-order valence-electron chi connectivity index (χ4n) is 2.50. The number of imidazole rings is 1. The Bertz CT molecular complexity index is 991. The quantitative estimate of drug-likeness (QED) is 0.605. The fraction of sp³-hybridized carbons (Fsp3) is 0.125. The van der Waals surface area contributed by atoms with E-state index in [-0.39, 0.29) is 6.61 Å². The van der Waals surface area contributed by atoms with Gasteiger partial charge in [0.15, 0.2) is 0 Å². The Balaban J connectivity index is 1.91. The van der Waals surface area contributed by atoms with Gasteiger partial charge < -0.3 is 10.1 Å². The third-order valence-corrected chi connectivity index (χ3v) is 4.13. The number of hydrogen-bond acceptors (Lipinski definition) is 6. The Morgan fingerprint density at radius 2 is 1.96 bits per heavy atom. The van der Waals surface area contributed by atoms with Crippen LogP contribution >= 0.6 is 11.7 Å². The van der Waals surface area contributed by atoms with E-state index in [1.807, 2.05) is 43.3 Å². The lowest BCUT2D eigenvalue weighted by Gasteiger charge is -2.03. The van der Waals surface area contributed by atoms with Gasteiger partial charge in [-0.1, -0.05) is 12.1 Å². The molecule has 2 N–H and O–H groups in total. The number of hydrogen-bond donors (Lipinski definition) is 2. The maximum atomic E-state index is 9.43. The van der Waals surface area contributed by atoms with Gasteiger partial charge in [-0.2, -0.15) is 8.75 Å². The van der Waals surface area contributed by atoms with Crippen LogP contribution in [0.25, 0.3) is 33.7 Å². The van der Waals surface area contributed by atoms with Gasteiger partial charge in [-0.05, 0) is 31.2 Å². The molecule has 1 aromatic carbocycles. The number of nitrogens with one attached hydrogen (secondary N) is 1. The summed E-state index contributed by atoms with van der Waals surface area (Å²) >= 11 is 1.19. The number of aryl methyl sites for hydroxylation is 1. The van der Waals surface area contributed by atoms with Crippen LogP contribution in [-0.2, 0) is 6.61 Å². The number of aliphatic hydroxyl groups excluding tert-OH is 1. The largest absolute Gasteiger partial charge is 0.388 e. The van der Waals surface area contributed by atoms with Crippen molar-refractivity contribution in [3.8, 4) is 22.6 Å². The zero-order chi connectivity index (χ0) is 15.8. The first-order chi connectivity index (χ1) is 11.2. The van der Waals surface area contributed by atoms with Crippen molar-refractivity contribution < 1.29 is 5.11 Å². The predicted octanol–water partition coefficient (Wildman–Crippen LogP) is 2.94. The monoisotopic (exact) mass is 323 g/mol. The van der Waals surface area contributed by atoms with E-state index in [1.54, 1.807) is 0 Å². The van der Waals surface area contributed by atoms with E-state index in [4.69, 9.17) is 0 Å². The van der Waals surface area contributed by atoms with E-state index in [1.165, 1.54) is 11.7 Å². The summed E-state index contributed by atoms with van der Waals surface area (Å²) in [6.07, 6.45) is 0. The first kappa shape index (κ1) is 14.0. The van der Waals surface area contributed by atoms with Gasteiger partial charge in [0.05, 0.1) is 28.8 Å². The molecule has 4 aromatic rings. The molecule has 0 aliphatic heterocycles. The van der Waals surface area contributed by atoms with Crippen LogP contribution in [0.3, 0.4) is 0 Å². The zero-order valence-corrected chi connectivity index (χ0v) is 13.1. The molecule has 0 aliphatic carbocycles. The maximum Gasteiger partial charge on any atom is 0.133 e. The molecule has 3 aromatic heterocycles. The first-order valence-corrected chi connectivity index (χ1v) is 7.84. The molecule has 4 rings (SSSR count). The van der Waals surface area contributed by atoms with Gasteiger partial charge in [-0.15, -0.1) is 0 Å². The van der Waals surface area contributed by atoms with Crippen molar-refractivity contribution in [1.82, 2.24) is 23.7 Å². The van der Waals surface area contributed by atoms with E-state index in [2.05, 4.69) is 23.7 Å². The molecule has 0 amide bonds. The number of pyridine rings is 1. The summed E-state index contributed by atoms with van der Waals surface area (Å²) in [5.74, 6) is 0.509. The Hall–Kier alpha value is -2.64. The van der Waals surface area contributed by atoms with E-state index in [0.717, 1.165) is 39.4 Å². The molecule has 0 radical (unpaired) electrons. The molecule has 3 heterocycles. The molecule has 6 nitrogen and oxygen atoms in total. The molecule has 114 valence electrons. The second kappa shape index (κ2) is 5.53. The Morgan fingerprint density at radius 1 is 1.09 bits per heavy atom. The summed E-state index contributed by atoms with van der Waals surface area (Å²) in [6.45, 7) is 1.79. The van der Waals surface area contributed by atoms with Crippen molar-refractivity contribution in [2.24, 2.45) is 0 Å². The van der Waals surface area contributed by atoms with Crippen molar-refractivity contribution in [3.05, 3.63) is 47.9 Å². The van der Waals surface area contributed by atoms with Crippen LogP contribution in [0.15, 0.2) is 36.4 Å². The molecule has 0 unspecified atom stereocenters. The minimum absolute atomic E-state index is 0.153. The minimum atomic E-state index is -0.153. The molecule has 0 saturated heterocycles. The van der Waals surface area contributed by atoms with Gasteiger partial charge in [0.25, 0.3) is 0 Å². The molecule has 0 saturated carbocycles. The van der Waals surface area contributed by atoms with Crippen molar-refractivity contribution in [3.63, 3.8) is 0 Å². The highest BCUT2D eigenvalue weighted by Crippen LogP contribution is 2.30. The molecule has 0 aliphatic rings. The molecule has 0 atom stereocenters. The highest BCUT2D eigenvalue weighted by molar-refractivity contribution is 7.00. The van der Waals surface area contributed by atoms with Gasteiger partial charge in [0.1, 0.15) is 23.5 Å². The van der Waals surface area contributed by atoms with Gasteiger partial charge in [-0.3, -0.25) is 4.98 Å². The number of fused-ring (bicyclic) bond motifs is 1. The lowest BCUT2D eigenvalue weighted by Crippen LogP contribution is -1.89. The van der Waals surface area contributed by atoms with Crippen LogP contribution in [0.4, 0.5) is 0 Å². The summed E-state index contributed by atoms with van der Waals surface area (Å²) in [4.78, 5) is 12.2. The van der Waals surface area contributed by atoms with Crippen LogP contribution in [0, 0.1) is 6.92 Å². The molecule has 23 heavy (non-hydrogen) atoms. The minimum Gasteiger partial charge on any atom is -0.388 e. The summed E-state index contributed by atoms with van der Waals surface area (Å²) in [5.41, 5.74) is 5.88. The van der Waals surface area contributed by atoms with E-state index in [0.29, 0.717) is 5.82 Å². The number of H-pyrrole nitrogens is 1. The third-order valence-electron chi connectivity index (χ3n) is 3.57. The fourth-order valence-corrected chi connectivity index (χ4v) is 3.02. The standard InChI is InChI=1S/C16H13N5OS/c1-9-3-2-4-12(17-9)16-15(18-14(8-22)19-16)10-5-6-11-13(7-10)21-23-20-11/h2-7,22H,8H2,1H3,(H,18,19). The number of aliphatic hydroxyl groups is 1. The van der Waals surface area contributed by atoms with E-state index >= 15 is 0 Å². The number of aromatic amines is 1. The normalized spacial score (nSPS) is 11.2. The van der Waals surface area contributed by atoms with Crippen molar-refractivity contribution in [2.75, 3.05) is 0 Å². The van der Waals surface area contributed by atoms with Crippen molar-refractivity contribution >= 4 is 22.8 Å². The number of nitrogens with zero attached hydrogens (tertiary/aromatic N) is 4. The van der Waals surface area contributed by atoms with Gasteiger partial charge >= 0.3 is 0 Å². The second-order valence-electron chi connectivity index (χ2n) is 5.20. The molecular weight excluding hydrogens is 310 g/mol. The highest BCUT2D eigenvalue weighted by atomic mass is 32.1. The zero-order valence-electron chi connectivity index (χ0n) is 12.3. The molecule has 0 bridgehead atoms. The summed E-state index contributed by atoms with van der Waals surface area (Å²) in [5, 5.41) is 9.43. The Labute approximate surface area is 136 Å². The van der Waals surface area contributed by atoms with E-state index < -0.39 is 0 Å². The highest BCUT2D eigenvalue weighted by Gasteiger charge is 2.16. The van der Waals surface area contributed by atoms with E-state index in [9.17, 15) is 5.11 Å². The number of benzene rings is 1. The second-order valence-corrected chi connectivity index (χ2v) is 5.73. The average Bonchev–Trinajstić information content (AvgIpc) is 3.20. The molecule has 7 heteroatoms.